The number of hydrogen-bond acceptors (Lipinski definition) is 7. The number of carbonyl (C=O) groups excluding carboxylic acids is 1. The second kappa shape index (κ2) is 9.70. The molecule has 0 spiro atoms. The largest absolute Gasteiger partial charge is 0.489 e. The number of ether oxygens (including phenoxy) is 2. The molecule has 0 unspecified atom stereocenters. The van der Waals surface area contributed by atoms with E-state index in [4.69, 9.17) is 29.9 Å². The summed E-state index contributed by atoms with van der Waals surface area (Å²) in [7, 11) is 0. The predicted octanol–water partition coefficient (Wildman–Crippen LogP) is 4.60. The maximum Gasteiger partial charge on any atom is 0.283 e. The molecule has 0 N–H and O–H groups in total. The number of rotatable bonds is 7. The second-order valence-electron chi connectivity index (χ2n) is 6.95. The van der Waals surface area contributed by atoms with Crippen molar-refractivity contribution in [1.29, 1.82) is 0 Å². The molecule has 1 amide bonds. The minimum Gasteiger partial charge on any atom is -0.489 e. The van der Waals surface area contributed by atoms with Crippen molar-refractivity contribution in [2.45, 2.75) is 26.3 Å². The molecule has 0 aliphatic carbocycles. The van der Waals surface area contributed by atoms with Crippen molar-refractivity contribution in [3.05, 3.63) is 53.1 Å². The summed E-state index contributed by atoms with van der Waals surface area (Å²) in [5, 5.41) is 8.45. The first kappa shape index (κ1) is 21.0. The average Bonchev–Trinajstić information content (AvgIpc) is 3.39. The lowest BCUT2D eigenvalue weighted by molar-refractivity contribution is -0.126. The van der Waals surface area contributed by atoms with Gasteiger partial charge in [0.1, 0.15) is 0 Å². The molecule has 0 saturated carbocycles. The van der Waals surface area contributed by atoms with Crippen LogP contribution >= 0.6 is 11.6 Å². The van der Waals surface area contributed by atoms with Crippen LogP contribution in [-0.2, 0) is 11.3 Å². The average molecular weight is 444 g/mol. The van der Waals surface area contributed by atoms with E-state index >= 15 is 0 Å². The summed E-state index contributed by atoms with van der Waals surface area (Å²) in [6.45, 7) is 3.86. The lowest BCUT2D eigenvalue weighted by Crippen LogP contribution is -2.29. The van der Waals surface area contributed by atoms with Crippen LogP contribution in [0.15, 0.2) is 45.4 Å². The molecule has 0 fully saturated rings. The Morgan fingerprint density at radius 2 is 2.13 bits per heavy atom. The molecule has 0 bridgehead atoms. The van der Waals surface area contributed by atoms with Gasteiger partial charge in [0.05, 0.1) is 31.0 Å². The number of aromatic nitrogens is 2. The number of amides is 1. The Morgan fingerprint density at radius 1 is 1.26 bits per heavy atom. The minimum absolute atomic E-state index is 0.178. The van der Waals surface area contributed by atoms with Crippen LogP contribution in [0.5, 0.6) is 11.5 Å². The summed E-state index contributed by atoms with van der Waals surface area (Å²) >= 11 is 6.33. The molecule has 162 valence electrons. The van der Waals surface area contributed by atoms with Gasteiger partial charge in [0.15, 0.2) is 17.3 Å². The Kier molecular flexibility index (Phi) is 6.57. The molecule has 1 aromatic carbocycles. The summed E-state index contributed by atoms with van der Waals surface area (Å²) in [6.07, 6.45) is 6.30. The zero-order chi connectivity index (χ0) is 21.6. The Labute approximate surface area is 184 Å². The van der Waals surface area contributed by atoms with Gasteiger partial charge in [0.25, 0.3) is 5.89 Å². The number of furan rings is 1. The normalized spacial score (nSPS) is 13.4. The van der Waals surface area contributed by atoms with Crippen molar-refractivity contribution < 1.29 is 23.1 Å². The van der Waals surface area contributed by atoms with Crippen LogP contribution in [0, 0.1) is 0 Å². The zero-order valence-electron chi connectivity index (χ0n) is 17.0. The van der Waals surface area contributed by atoms with Gasteiger partial charge in [-0.2, -0.15) is 0 Å². The van der Waals surface area contributed by atoms with Gasteiger partial charge in [-0.05, 0) is 42.3 Å². The first-order chi connectivity index (χ1) is 15.1. The van der Waals surface area contributed by atoms with Gasteiger partial charge in [0.2, 0.25) is 11.8 Å². The van der Waals surface area contributed by atoms with Gasteiger partial charge in [-0.15, -0.1) is 10.2 Å². The van der Waals surface area contributed by atoms with Crippen LogP contribution in [0.1, 0.15) is 31.2 Å². The predicted molar refractivity (Wildman–Crippen MR) is 114 cm³/mol. The van der Waals surface area contributed by atoms with Gasteiger partial charge in [-0.3, -0.25) is 4.79 Å². The van der Waals surface area contributed by atoms with Gasteiger partial charge in [-0.25, -0.2) is 0 Å². The third-order valence-electron chi connectivity index (χ3n) is 4.57. The van der Waals surface area contributed by atoms with Gasteiger partial charge in [0, 0.05) is 19.0 Å². The van der Waals surface area contributed by atoms with E-state index in [1.807, 2.05) is 13.0 Å². The highest BCUT2D eigenvalue weighted by Gasteiger charge is 2.18. The van der Waals surface area contributed by atoms with Gasteiger partial charge < -0.3 is 23.2 Å². The molecule has 4 rings (SSSR count). The lowest BCUT2D eigenvalue weighted by atomic mass is 10.2. The Hall–Kier alpha value is -3.26. The quantitative estimate of drug-likeness (QED) is 0.493. The molecule has 3 heterocycles. The number of carbonyl (C=O) groups is 1. The van der Waals surface area contributed by atoms with E-state index < -0.39 is 0 Å². The van der Waals surface area contributed by atoms with Crippen molar-refractivity contribution >= 4 is 23.6 Å². The lowest BCUT2D eigenvalue weighted by Gasteiger charge is -2.18. The third-order valence-corrected chi connectivity index (χ3v) is 4.85. The number of benzene rings is 1. The molecule has 0 radical (unpaired) electrons. The summed E-state index contributed by atoms with van der Waals surface area (Å²) in [4.78, 5) is 14.5. The Bertz CT molecular complexity index is 1060. The molecule has 2 aromatic heterocycles. The highest BCUT2D eigenvalue weighted by Crippen LogP contribution is 2.38. The molecule has 8 nitrogen and oxygen atoms in total. The molecule has 1 aliphatic rings. The second-order valence-corrected chi connectivity index (χ2v) is 7.36. The summed E-state index contributed by atoms with van der Waals surface area (Å²) in [5.41, 5.74) is 0.747. The summed E-state index contributed by atoms with van der Waals surface area (Å²) < 4.78 is 22.2. The standard InChI is InChI=1S/C22H22ClN3O5/c1-2-8-26(14-19-24-25-22(31-19)17-5-3-9-28-17)20(27)7-6-15-12-16(23)21-18(13-15)29-10-4-11-30-21/h3,5-7,9,12-13H,2,4,8,10-11,14H2,1H3. The van der Waals surface area contributed by atoms with Crippen LogP contribution in [0.3, 0.4) is 0 Å². The molecule has 9 heteroatoms. The number of nitrogens with zero attached hydrogens (tertiary/aromatic N) is 3. The molecular formula is C22H22ClN3O5. The number of fused-ring (bicyclic) bond motifs is 1. The van der Waals surface area contributed by atoms with E-state index in [0.717, 1.165) is 18.4 Å². The zero-order valence-corrected chi connectivity index (χ0v) is 17.8. The smallest absolute Gasteiger partial charge is 0.283 e. The first-order valence-electron chi connectivity index (χ1n) is 10.1. The SMILES string of the molecule is CCCN(Cc1nnc(-c2ccco2)o1)C(=O)C=Cc1cc(Cl)c2c(c1)OCCCO2. The van der Waals surface area contributed by atoms with Crippen LogP contribution in [0.4, 0.5) is 0 Å². The van der Waals surface area contributed by atoms with Gasteiger partial charge >= 0.3 is 0 Å². The maximum absolute atomic E-state index is 12.8. The summed E-state index contributed by atoms with van der Waals surface area (Å²) in [5.74, 6) is 2.04. The fraction of sp³-hybridized carbons (Fsp3) is 0.318. The van der Waals surface area contributed by atoms with Crippen molar-refractivity contribution in [3.63, 3.8) is 0 Å². The maximum atomic E-state index is 12.8. The highest BCUT2D eigenvalue weighted by atomic mass is 35.5. The molecule has 1 aliphatic heterocycles. The van der Waals surface area contributed by atoms with Crippen molar-refractivity contribution in [2.75, 3.05) is 19.8 Å². The monoisotopic (exact) mass is 443 g/mol. The summed E-state index contributed by atoms with van der Waals surface area (Å²) in [6, 6.07) is 7.03. The van der Waals surface area contributed by atoms with E-state index in [2.05, 4.69) is 10.2 Å². The van der Waals surface area contributed by atoms with Gasteiger partial charge in [-0.1, -0.05) is 18.5 Å². The number of halogens is 1. The topological polar surface area (TPSA) is 90.8 Å². The van der Waals surface area contributed by atoms with E-state index in [1.165, 1.54) is 12.3 Å². The Balaban J connectivity index is 1.47. The first-order valence-corrected chi connectivity index (χ1v) is 10.4. The molecule has 31 heavy (non-hydrogen) atoms. The third kappa shape index (κ3) is 5.08. The van der Waals surface area contributed by atoms with Crippen LogP contribution in [-0.4, -0.2) is 40.8 Å². The van der Waals surface area contributed by atoms with Crippen molar-refractivity contribution in [1.82, 2.24) is 15.1 Å². The van der Waals surface area contributed by atoms with Crippen molar-refractivity contribution in [2.24, 2.45) is 0 Å². The molecule has 3 aromatic rings. The molecule has 0 atom stereocenters. The molecular weight excluding hydrogens is 422 g/mol. The van der Waals surface area contributed by atoms with Crippen molar-refractivity contribution in [3.8, 4) is 23.1 Å². The minimum atomic E-state index is -0.178. The van der Waals surface area contributed by atoms with E-state index in [1.54, 1.807) is 29.2 Å². The fourth-order valence-corrected chi connectivity index (χ4v) is 3.41. The van der Waals surface area contributed by atoms with Crippen LogP contribution in [0.2, 0.25) is 5.02 Å². The van der Waals surface area contributed by atoms with E-state index in [0.29, 0.717) is 47.9 Å². The van der Waals surface area contributed by atoms with Crippen LogP contribution < -0.4 is 9.47 Å². The van der Waals surface area contributed by atoms with E-state index in [-0.39, 0.29) is 18.3 Å². The Morgan fingerprint density at radius 3 is 2.94 bits per heavy atom. The number of hydrogen-bond donors (Lipinski definition) is 0. The van der Waals surface area contributed by atoms with E-state index in [9.17, 15) is 4.79 Å². The fourth-order valence-electron chi connectivity index (χ4n) is 3.14. The highest BCUT2D eigenvalue weighted by molar-refractivity contribution is 6.32. The molecule has 0 saturated heterocycles. The van der Waals surface area contributed by atoms with Crippen LogP contribution in [0.25, 0.3) is 17.7 Å².